The zero-order valence-corrected chi connectivity index (χ0v) is 18.2. The lowest BCUT2D eigenvalue weighted by Crippen LogP contribution is -2.37. The molecule has 3 aromatic rings. The summed E-state index contributed by atoms with van der Waals surface area (Å²) in [5.41, 5.74) is 10.3. The number of rotatable bonds is 6. The predicted molar refractivity (Wildman–Crippen MR) is 123 cm³/mol. The molecule has 1 atom stereocenters. The van der Waals surface area contributed by atoms with Gasteiger partial charge in [0.05, 0.1) is 32.5 Å². The van der Waals surface area contributed by atoms with Crippen LogP contribution in [0.3, 0.4) is 0 Å². The molecule has 8 heteroatoms. The first-order valence-electron chi connectivity index (χ1n) is 9.80. The van der Waals surface area contributed by atoms with Crippen molar-refractivity contribution in [3.05, 3.63) is 45.9 Å². The summed E-state index contributed by atoms with van der Waals surface area (Å²) < 4.78 is 0. The molecule has 2 aromatic carbocycles. The average molecular weight is 433 g/mol. The summed E-state index contributed by atoms with van der Waals surface area (Å²) in [5, 5.41) is 4.62. The Kier molecular flexibility index (Phi) is 5.88. The number of nitrogens with two attached hydrogens (primary N) is 1. The molecule has 1 saturated heterocycles. The molecule has 4 N–H and O–H groups in total. The summed E-state index contributed by atoms with van der Waals surface area (Å²) in [7, 11) is 4.22. The third-order valence-corrected chi connectivity index (χ3v) is 5.96. The molecule has 1 aliphatic heterocycles. The fourth-order valence-corrected chi connectivity index (χ4v) is 4.42. The molecule has 1 aliphatic rings. The highest BCUT2D eigenvalue weighted by atomic mass is 35.5. The Bertz CT molecular complexity index is 1020. The maximum Gasteiger partial charge on any atom is 0.205 e. The Morgan fingerprint density at radius 3 is 2.83 bits per heavy atom. The van der Waals surface area contributed by atoms with Gasteiger partial charge in [-0.3, -0.25) is 0 Å². The van der Waals surface area contributed by atoms with Crippen molar-refractivity contribution >= 4 is 51.6 Å². The van der Waals surface area contributed by atoms with E-state index in [-0.39, 0.29) is 0 Å². The van der Waals surface area contributed by atoms with E-state index in [2.05, 4.69) is 40.3 Å². The van der Waals surface area contributed by atoms with Crippen LogP contribution in [0.25, 0.3) is 11.0 Å². The number of anilines is 3. The molecule has 0 radical (unpaired) electrons. The molecule has 0 amide bonds. The summed E-state index contributed by atoms with van der Waals surface area (Å²) in [6, 6.07) is 10.2. The number of hydrogen-bond donors (Lipinski definition) is 3. The average Bonchev–Trinajstić information content (AvgIpc) is 3.28. The normalized spacial score (nSPS) is 16.9. The summed E-state index contributed by atoms with van der Waals surface area (Å²) in [6.45, 7) is 2.48. The molecule has 0 aliphatic carbocycles. The van der Waals surface area contributed by atoms with Gasteiger partial charge in [-0.15, -0.1) is 0 Å². The van der Waals surface area contributed by atoms with E-state index in [0.29, 0.717) is 23.6 Å². The molecular formula is C21H26Cl2N6. The van der Waals surface area contributed by atoms with Crippen LogP contribution in [0.4, 0.5) is 17.3 Å². The van der Waals surface area contributed by atoms with Crippen LogP contribution in [0.15, 0.2) is 30.3 Å². The number of halogens is 2. The van der Waals surface area contributed by atoms with Gasteiger partial charge in [-0.05, 0) is 56.8 Å². The zero-order valence-electron chi connectivity index (χ0n) is 16.7. The highest BCUT2D eigenvalue weighted by Gasteiger charge is 2.27. The largest absolute Gasteiger partial charge is 0.366 e. The van der Waals surface area contributed by atoms with Gasteiger partial charge in [0.1, 0.15) is 0 Å². The van der Waals surface area contributed by atoms with E-state index in [1.807, 2.05) is 24.3 Å². The number of hydrogen-bond acceptors (Lipinski definition) is 5. The van der Waals surface area contributed by atoms with Crippen LogP contribution in [-0.2, 0) is 6.54 Å². The topological polar surface area (TPSA) is 73.2 Å². The highest BCUT2D eigenvalue weighted by molar-refractivity contribution is 6.34. The van der Waals surface area contributed by atoms with Crippen LogP contribution < -0.4 is 16.0 Å². The smallest absolute Gasteiger partial charge is 0.205 e. The fourth-order valence-electron chi connectivity index (χ4n) is 3.99. The van der Waals surface area contributed by atoms with Gasteiger partial charge in [0.25, 0.3) is 0 Å². The summed E-state index contributed by atoms with van der Waals surface area (Å²) in [5.74, 6) is 0.621. The van der Waals surface area contributed by atoms with Gasteiger partial charge >= 0.3 is 0 Å². The number of likely N-dealkylation sites (N-methyl/N-ethyl adjacent to an activating group) is 1. The Balaban J connectivity index is 1.64. The minimum absolute atomic E-state index is 0.453. The van der Waals surface area contributed by atoms with Crippen LogP contribution >= 0.6 is 23.2 Å². The van der Waals surface area contributed by atoms with Crippen LogP contribution in [0.5, 0.6) is 0 Å². The van der Waals surface area contributed by atoms with Crippen molar-refractivity contribution in [2.45, 2.75) is 25.4 Å². The molecule has 1 fully saturated rings. The van der Waals surface area contributed by atoms with Gasteiger partial charge < -0.3 is 25.8 Å². The van der Waals surface area contributed by atoms with Crippen LogP contribution in [-0.4, -0.2) is 48.1 Å². The maximum atomic E-state index is 6.66. The molecule has 0 unspecified atom stereocenters. The Hall–Kier alpha value is -1.99. The van der Waals surface area contributed by atoms with Gasteiger partial charge in [-0.1, -0.05) is 29.3 Å². The van der Waals surface area contributed by atoms with Crippen LogP contribution in [0.2, 0.25) is 10.0 Å². The first-order valence-corrected chi connectivity index (χ1v) is 10.6. The predicted octanol–water partition coefficient (Wildman–Crippen LogP) is 4.60. The van der Waals surface area contributed by atoms with Gasteiger partial charge in [-0.2, -0.15) is 0 Å². The molecule has 6 nitrogen and oxygen atoms in total. The van der Waals surface area contributed by atoms with Crippen molar-refractivity contribution in [2.24, 2.45) is 5.73 Å². The number of nitrogens with zero attached hydrogens (tertiary/aromatic N) is 3. The molecule has 0 spiro atoms. The Morgan fingerprint density at radius 2 is 2.07 bits per heavy atom. The second-order valence-electron chi connectivity index (χ2n) is 7.80. The van der Waals surface area contributed by atoms with E-state index < -0.39 is 0 Å². The Labute approximate surface area is 181 Å². The van der Waals surface area contributed by atoms with E-state index in [0.717, 1.165) is 46.1 Å². The van der Waals surface area contributed by atoms with Crippen molar-refractivity contribution < 1.29 is 0 Å². The van der Waals surface area contributed by atoms with E-state index in [1.165, 1.54) is 12.8 Å². The number of benzene rings is 2. The first kappa shape index (κ1) is 20.3. The van der Waals surface area contributed by atoms with Gasteiger partial charge in [-0.25, -0.2) is 4.98 Å². The number of nitrogens with one attached hydrogen (secondary N) is 2. The molecule has 154 valence electrons. The third-order valence-electron chi connectivity index (χ3n) is 5.33. The van der Waals surface area contributed by atoms with E-state index in [9.17, 15) is 0 Å². The molecule has 1 aromatic heterocycles. The van der Waals surface area contributed by atoms with Gasteiger partial charge in [0.2, 0.25) is 5.95 Å². The summed E-state index contributed by atoms with van der Waals surface area (Å²) in [4.78, 5) is 12.6. The second kappa shape index (κ2) is 8.40. The highest BCUT2D eigenvalue weighted by Crippen LogP contribution is 2.36. The van der Waals surface area contributed by atoms with Gasteiger partial charge in [0, 0.05) is 25.7 Å². The quantitative estimate of drug-likeness (QED) is 0.530. The monoisotopic (exact) mass is 432 g/mol. The summed E-state index contributed by atoms with van der Waals surface area (Å²) in [6.07, 6.45) is 2.35. The van der Waals surface area contributed by atoms with Crippen molar-refractivity contribution in [3.8, 4) is 0 Å². The molecule has 4 rings (SSSR count). The minimum Gasteiger partial charge on any atom is -0.366 e. The number of H-pyrrole nitrogens is 1. The number of imidazole rings is 1. The lowest BCUT2D eigenvalue weighted by molar-refractivity contribution is 0.372. The minimum atomic E-state index is 0.453. The van der Waals surface area contributed by atoms with E-state index in [1.54, 1.807) is 0 Å². The molecule has 29 heavy (non-hydrogen) atoms. The Morgan fingerprint density at radius 1 is 1.24 bits per heavy atom. The van der Waals surface area contributed by atoms with Crippen molar-refractivity contribution in [1.29, 1.82) is 0 Å². The second-order valence-corrected chi connectivity index (χ2v) is 8.62. The number of aromatic nitrogens is 2. The molecule has 2 heterocycles. The fraction of sp³-hybridized carbons (Fsp3) is 0.381. The van der Waals surface area contributed by atoms with Crippen molar-refractivity contribution in [1.82, 2.24) is 14.9 Å². The number of aromatic amines is 1. The standard InChI is InChI=1S/C21H26Cl2N6/c1-28(2)12-14-4-3-7-29(14)20-10-19-18(9-16(20)23)26-21(27-19)25-17-8-13(11-24)5-6-15(17)22/h5-6,8-10,14H,3-4,7,11-12,24H2,1-2H3,(H2,25,26,27)/t14-/m1/s1. The molecule has 0 saturated carbocycles. The lowest BCUT2D eigenvalue weighted by Gasteiger charge is -2.29. The van der Waals surface area contributed by atoms with Crippen LogP contribution in [0.1, 0.15) is 18.4 Å². The molecular weight excluding hydrogens is 407 g/mol. The maximum absolute atomic E-state index is 6.66. The third kappa shape index (κ3) is 4.31. The summed E-state index contributed by atoms with van der Waals surface area (Å²) >= 11 is 13.0. The first-order chi connectivity index (χ1) is 13.9. The van der Waals surface area contributed by atoms with Crippen molar-refractivity contribution in [3.63, 3.8) is 0 Å². The van der Waals surface area contributed by atoms with Gasteiger partial charge in [0.15, 0.2) is 0 Å². The van der Waals surface area contributed by atoms with Crippen LogP contribution in [0, 0.1) is 0 Å². The zero-order chi connectivity index (χ0) is 20.5. The SMILES string of the molecule is CN(C)C[C@H]1CCCN1c1cc2nc(Nc3cc(CN)ccc3Cl)[nH]c2cc1Cl. The molecule has 0 bridgehead atoms. The van der Waals surface area contributed by atoms with E-state index in [4.69, 9.17) is 33.9 Å². The lowest BCUT2D eigenvalue weighted by atomic mass is 10.2. The van der Waals surface area contributed by atoms with Crippen molar-refractivity contribution in [2.75, 3.05) is 37.4 Å². The number of fused-ring (bicyclic) bond motifs is 1. The van der Waals surface area contributed by atoms with E-state index >= 15 is 0 Å².